The van der Waals surface area contributed by atoms with E-state index in [2.05, 4.69) is 314 Å². The van der Waals surface area contributed by atoms with E-state index in [0.717, 1.165) is 45.4 Å². The molecule has 0 radical (unpaired) electrons. The third-order valence-electron chi connectivity index (χ3n) is 19.9. The molecule has 0 atom stereocenters. The van der Waals surface area contributed by atoms with Crippen LogP contribution >= 0.6 is 0 Å². The number of fused-ring (bicyclic) bond motifs is 11. The van der Waals surface area contributed by atoms with E-state index in [1.807, 2.05) is 0 Å². The highest BCUT2D eigenvalue weighted by molar-refractivity contribution is 7.02. The third-order valence-corrected chi connectivity index (χ3v) is 19.9. The maximum atomic E-state index is 7.78. The molecule has 436 valence electrons. The lowest BCUT2D eigenvalue weighted by Crippen LogP contribution is -2.64. The van der Waals surface area contributed by atoms with Crippen LogP contribution in [0, 0.1) is 13.8 Å². The van der Waals surface area contributed by atoms with Gasteiger partial charge < -0.3 is 19.1 Å². The van der Waals surface area contributed by atoms with Gasteiger partial charge in [-0.1, -0.05) is 218 Å². The van der Waals surface area contributed by atoms with E-state index in [1.54, 1.807) is 0 Å². The standard InChI is InChI=1S/C82H81B2N3O/c1-48-18-22-50(23-19-48)52-38-70-75-71(39-52)87-67-36-30-56(80(9,10)11)42-61(67)62-43-58(82(15,16)17)45-66(77(62)87)84(75)64-46-65-73(47-69(64)86(70)60-34-28-55(29-35-60)79(6,7)8)88-74-41-53(51-24-20-49(2)21-25-51)40-72-76(74)83(65)63-44-57(81(12,13)14)31-37-68(63)85(72)59-32-26-54(27-33-59)78(3,4)5/h18-47H,1-17H3. The number of ether oxygens (including phenoxy) is 1. The van der Waals surface area contributed by atoms with Gasteiger partial charge in [-0.2, -0.15) is 0 Å². The summed E-state index contributed by atoms with van der Waals surface area (Å²) in [7, 11) is 0. The summed E-state index contributed by atoms with van der Waals surface area (Å²) in [6, 6.07) is 71.5. The van der Waals surface area contributed by atoms with Crippen molar-refractivity contribution in [2.45, 2.75) is 145 Å². The summed E-state index contributed by atoms with van der Waals surface area (Å²) in [5, 5.41) is 2.62. The number of benzene rings is 10. The van der Waals surface area contributed by atoms with Gasteiger partial charge in [-0.25, -0.2) is 0 Å². The highest BCUT2D eigenvalue weighted by atomic mass is 16.5. The summed E-state index contributed by atoms with van der Waals surface area (Å²) < 4.78 is 10.4. The zero-order chi connectivity index (χ0) is 61.6. The number of rotatable bonds is 4. The predicted molar refractivity (Wildman–Crippen MR) is 380 cm³/mol. The predicted octanol–water partition coefficient (Wildman–Crippen LogP) is 18.2. The Morgan fingerprint density at radius 2 is 0.750 bits per heavy atom. The average Bonchev–Trinajstić information content (AvgIpc) is 1.36. The van der Waals surface area contributed by atoms with Crippen LogP contribution in [0.1, 0.15) is 143 Å². The number of hydrogen-bond acceptors (Lipinski definition) is 3. The van der Waals surface area contributed by atoms with Gasteiger partial charge in [-0.15, -0.1) is 0 Å². The summed E-state index contributed by atoms with van der Waals surface area (Å²) in [5.74, 6) is 1.78. The molecule has 0 fully saturated rings. The van der Waals surface area contributed by atoms with Crippen molar-refractivity contribution < 1.29 is 4.74 Å². The Bertz CT molecular complexity index is 4720. The molecule has 5 heterocycles. The molecule has 0 saturated heterocycles. The second kappa shape index (κ2) is 19.0. The highest BCUT2D eigenvalue weighted by Gasteiger charge is 2.48. The first-order chi connectivity index (χ1) is 41.6. The van der Waals surface area contributed by atoms with Crippen LogP contribution in [-0.4, -0.2) is 18.0 Å². The number of aromatic nitrogens is 1. The van der Waals surface area contributed by atoms with Crippen molar-refractivity contribution in [2.75, 3.05) is 9.80 Å². The summed E-state index contributed by atoms with van der Waals surface area (Å²) in [6.45, 7) is 39.2. The molecular weight excluding hydrogens is 1060 g/mol. The van der Waals surface area contributed by atoms with Crippen LogP contribution in [-0.2, 0) is 27.1 Å². The fraction of sp³-hybridized carbons (Fsp3) is 0.268. The van der Waals surface area contributed by atoms with Crippen molar-refractivity contribution in [2.24, 2.45) is 0 Å². The summed E-state index contributed by atoms with van der Waals surface area (Å²) >= 11 is 0. The van der Waals surface area contributed by atoms with Crippen molar-refractivity contribution in [1.29, 1.82) is 0 Å². The monoisotopic (exact) mass is 1150 g/mol. The van der Waals surface area contributed by atoms with E-state index in [4.69, 9.17) is 4.74 Å². The average molecular weight is 1150 g/mol. The summed E-state index contributed by atoms with van der Waals surface area (Å²) in [4.78, 5) is 5.13. The molecule has 6 heteroatoms. The Morgan fingerprint density at radius 3 is 1.31 bits per heavy atom. The van der Waals surface area contributed by atoms with Gasteiger partial charge in [0.15, 0.2) is 0 Å². The van der Waals surface area contributed by atoms with Gasteiger partial charge in [0.25, 0.3) is 13.4 Å². The van der Waals surface area contributed by atoms with Crippen molar-refractivity contribution in [3.63, 3.8) is 0 Å². The zero-order valence-corrected chi connectivity index (χ0v) is 54.7. The molecule has 0 amide bonds. The summed E-state index contributed by atoms with van der Waals surface area (Å²) in [5.41, 5.74) is 31.8. The van der Waals surface area contributed by atoms with Crippen LogP contribution in [0.15, 0.2) is 182 Å². The molecule has 4 aliphatic heterocycles. The van der Waals surface area contributed by atoms with Gasteiger partial charge >= 0.3 is 0 Å². The fourth-order valence-electron chi connectivity index (χ4n) is 14.7. The molecule has 0 bridgehead atoms. The van der Waals surface area contributed by atoms with Crippen LogP contribution < -0.4 is 47.3 Å². The van der Waals surface area contributed by atoms with Gasteiger partial charge in [-0.3, -0.25) is 0 Å². The minimum atomic E-state index is -0.149. The van der Waals surface area contributed by atoms with E-state index in [0.29, 0.717) is 0 Å². The lowest BCUT2D eigenvalue weighted by Gasteiger charge is -2.44. The topological polar surface area (TPSA) is 20.6 Å². The Kier molecular flexibility index (Phi) is 12.1. The molecular formula is C82H81B2N3O. The van der Waals surface area contributed by atoms with Gasteiger partial charge in [0, 0.05) is 62.2 Å². The number of anilines is 6. The van der Waals surface area contributed by atoms with E-state index in [9.17, 15) is 0 Å². The molecule has 0 saturated carbocycles. The minimum absolute atomic E-state index is 0.00685. The highest BCUT2D eigenvalue weighted by Crippen LogP contribution is 2.49. The first-order valence-electron chi connectivity index (χ1n) is 32.0. The second-order valence-corrected chi connectivity index (χ2v) is 31.3. The van der Waals surface area contributed by atoms with E-state index in [1.165, 1.54) is 122 Å². The van der Waals surface area contributed by atoms with Crippen LogP contribution in [0.2, 0.25) is 0 Å². The molecule has 0 N–H and O–H groups in total. The first-order valence-corrected chi connectivity index (χ1v) is 32.0. The smallest absolute Gasteiger partial charge is 0.256 e. The Balaban J connectivity index is 1.07. The minimum Gasteiger partial charge on any atom is -0.458 e. The maximum absolute atomic E-state index is 7.78. The largest absolute Gasteiger partial charge is 0.458 e. The number of hydrogen-bond donors (Lipinski definition) is 0. The molecule has 88 heavy (non-hydrogen) atoms. The van der Waals surface area contributed by atoms with Crippen molar-refractivity contribution >= 4 is 102 Å². The summed E-state index contributed by atoms with van der Waals surface area (Å²) in [6.07, 6.45) is 0. The molecule has 11 aromatic rings. The molecule has 0 spiro atoms. The van der Waals surface area contributed by atoms with Gasteiger partial charge in [0.1, 0.15) is 11.5 Å². The maximum Gasteiger partial charge on any atom is 0.256 e. The zero-order valence-electron chi connectivity index (χ0n) is 54.7. The van der Waals surface area contributed by atoms with Crippen LogP contribution in [0.25, 0.3) is 49.7 Å². The van der Waals surface area contributed by atoms with Crippen LogP contribution in [0.4, 0.5) is 34.1 Å². The van der Waals surface area contributed by atoms with E-state index >= 15 is 0 Å². The van der Waals surface area contributed by atoms with Gasteiger partial charge in [-0.05, 0) is 197 Å². The molecule has 4 aliphatic rings. The number of nitrogens with zero attached hydrogens (tertiary/aromatic N) is 3. The SMILES string of the molecule is Cc1ccc(-c2cc3c4c(c2)N(c2ccc(C(C)(C)C)cc2)c2ccc(C(C)(C)C)cc2B4c2cc4c(cc2O3)N(c2ccc(C(C)(C)C)cc2)c2cc(-c3ccc(C)cc3)cc3c2B4c2cc(C(C)(C)C)cc4c5cc(C(C)(C)C)ccc5n-3c24)cc1. The molecule has 4 nitrogen and oxygen atoms in total. The first kappa shape index (κ1) is 56.1. The normalized spacial score (nSPS) is 14.2. The lowest BCUT2D eigenvalue weighted by molar-refractivity contribution is 0.488. The van der Waals surface area contributed by atoms with Gasteiger partial charge in [0.05, 0.1) is 5.52 Å². The second-order valence-electron chi connectivity index (χ2n) is 31.3. The molecule has 15 rings (SSSR count). The van der Waals surface area contributed by atoms with Crippen molar-refractivity contribution in [3.05, 3.63) is 221 Å². The Labute approximate surface area is 523 Å². The fourth-order valence-corrected chi connectivity index (χ4v) is 14.7. The van der Waals surface area contributed by atoms with E-state index < -0.39 is 0 Å². The lowest BCUT2D eigenvalue weighted by atomic mass is 9.30. The Hall–Kier alpha value is -8.47. The third kappa shape index (κ3) is 8.77. The Morgan fingerprint density at radius 1 is 0.307 bits per heavy atom. The van der Waals surface area contributed by atoms with Crippen LogP contribution in [0.3, 0.4) is 0 Å². The van der Waals surface area contributed by atoms with Gasteiger partial charge in [0.2, 0.25) is 0 Å². The van der Waals surface area contributed by atoms with Crippen LogP contribution in [0.5, 0.6) is 11.5 Å². The molecule has 10 aromatic carbocycles. The van der Waals surface area contributed by atoms with Crippen molar-refractivity contribution in [1.82, 2.24) is 4.57 Å². The van der Waals surface area contributed by atoms with E-state index in [-0.39, 0.29) is 40.5 Å². The quantitative estimate of drug-likeness (QED) is 0.164. The number of aryl methyl sites for hydroxylation is 2. The molecule has 0 aliphatic carbocycles. The molecule has 0 unspecified atom stereocenters. The molecule has 1 aromatic heterocycles. The van der Waals surface area contributed by atoms with Crippen molar-refractivity contribution in [3.8, 4) is 39.4 Å².